The fraction of sp³-hybridized carbons (Fsp3) is 0.714. The van der Waals surface area contributed by atoms with Gasteiger partial charge in [-0.3, -0.25) is 0 Å². The molecule has 2 unspecified atom stereocenters. The lowest BCUT2D eigenvalue weighted by Crippen LogP contribution is -2.51. The summed E-state index contributed by atoms with van der Waals surface area (Å²) in [5.74, 6) is 2.43. The standard InChI is InChI=1S/C21H32O/c1-14(2)17-12-16-9-11-20(4)15(3)8-7-10-21(20,5)18(16)13-19(17)22-6/h12-15H,7-11H2,1-6H3/t15?,20-,21?/m0/s1. The van der Waals surface area contributed by atoms with Crippen molar-refractivity contribution in [3.63, 3.8) is 0 Å². The molecular weight excluding hydrogens is 268 g/mol. The van der Waals surface area contributed by atoms with Gasteiger partial charge in [-0.05, 0) is 64.7 Å². The van der Waals surface area contributed by atoms with Crippen molar-refractivity contribution in [1.29, 1.82) is 0 Å². The zero-order valence-corrected chi connectivity index (χ0v) is 15.3. The van der Waals surface area contributed by atoms with E-state index in [1.54, 1.807) is 11.1 Å². The molecule has 2 aliphatic carbocycles. The summed E-state index contributed by atoms with van der Waals surface area (Å²) in [5.41, 5.74) is 5.27. The smallest absolute Gasteiger partial charge is 0.122 e. The zero-order chi connectivity index (χ0) is 16.1. The van der Waals surface area contributed by atoms with Gasteiger partial charge in [-0.2, -0.15) is 0 Å². The molecule has 0 bridgehead atoms. The van der Waals surface area contributed by atoms with Crippen LogP contribution < -0.4 is 4.74 Å². The molecule has 0 radical (unpaired) electrons. The number of rotatable bonds is 2. The van der Waals surface area contributed by atoms with Gasteiger partial charge in [0, 0.05) is 0 Å². The largest absolute Gasteiger partial charge is 0.496 e. The average Bonchev–Trinajstić information content (AvgIpc) is 2.49. The van der Waals surface area contributed by atoms with E-state index in [0.717, 1.165) is 11.7 Å². The summed E-state index contributed by atoms with van der Waals surface area (Å²) in [7, 11) is 1.82. The predicted molar refractivity (Wildman–Crippen MR) is 93.9 cm³/mol. The Hall–Kier alpha value is -0.980. The molecule has 1 fully saturated rings. The van der Waals surface area contributed by atoms with E-state index in [0.29, 0.717) is 16.7 Å². The third-order valence-electron chi connectivity index (χ3n) is 7.25. The highest BCUT2D eigenvalue weighted by atomic mass is 16.5. The molecule has 0 heterocycles. The molecule has 0 saturated heterocycles. The Labute approximate surface area is 136 Å². The molecule has 0 aliphatic heterocycles. The van der Waals surface area contributed by atoms with Gasteiger partial charge in [-0.25, -0.2) is 0 Å². The van der Waals surface area contributed by atoms with Crippen LogP contribution in [0.25, 0.3) is 0 Å². The second-order valence-corrected chi connectivity index (χ2v) is 8.45. The van der Waals surface area contributed by atoms with Gasteiger partial charge < -0.3 is 4.74 Å². The van der Waals surface area contributed by atoms with Crippen molar-refractivity contribution in [2.75, 3.05) is 7.11 Å². The van der Waals surface area contributed by atoms with E-state index in [1.807, 2.05) is 7.11 Å². The Morgan fingerprint density at radius 3 is 2.55 bits per heavy atom. The summed E-state index contributed by atoms with van der Waals surface area (Å²) in [4.78, 5) is 0. The Morgan fingerprint density at radius 2 is 1.91 bits per heavy atom. The van der Waals surface area contributed by atoms with Gasteiger partial charge in [0.15, 0.2) is 0 Å². The minimum atomic E-state index is 0.307. The zero-order valence-electron chi connectivity index (χ0n) is 15.3. The highest BCUT2D eigenvalue weighted by Crippen LogP contribution is 2.60. The first-order chi connectivity index (χ1) is 10.3. The molecular formula is C21H32O. The fourth-order valence-corrected chi connectivity index (χ4v) is 5.26. The minimum absolute atomic E-state index is 0.307. The van der Waals surface area contributed by atoms with Crippen LogP contribution in [0.5, 0.6) is 5.75 Å². The number of fused-ring (bicyclic) bond motifs is 3. The van der Waals surface area contributed by atoms with Crippen LogP contribution in [0.4, 0.5) is 0 Å². The van der Waals surface area contributed by atoms with Crippen molar-refractivity contribution in [1.82, 2.24) is 0 Å². The van der Waals surface area contributed by atoms with Crippen molar-refractivity contribution in [2.24, 2.45) is 11.3 Å². The molecule has 1 heteroatoms. The van der Waals surface area contributed by atoms with Gasteiger partial charge in [-0.1, -0.05) is 53.5 Å². The van der Waals surface area contributed by atoms with Crippen molar-refractivity contribution in [3.05, 3.63) is 28.8 Å². The second-order valence-electron chi connectivity index (χ2n) is 8.45. The van der Waals surface area contributed by atoms with Gasteiger partial charge in [-0.15, -0.1) is 0 Å². The first kappa shape index (κ1) is 15.9. The van der Waals surface area contributed by atoms with Crippen LogP contribution in [-0.2, 0) is 11.8 Å². The highest BCUT2D eigenvalue weighted by Gasteiger charge is 2.53. The summed E-state index contributed by atoms with van der Waals surface area (Å²) < 4.78 is 5.76. The highest BCUT2D eigenvalue weighted by molar-refractivity contribution is 5.50. The Morgan fingerprint density at radius 1 is 1.18 bits per heavy atom. The van der Waals surface area contributed by atoms with Crippen molar-refractivity contribution >= 4 is 0 Å². The molecule has 0 amide bonds. The molecule has 22 heavy (non-hydrogen) atoms. The lowest BCUT2D eigenvalue weighted by atomic mass is 9.47. The quantitative estimate of drug-likeness (QED) is 0.666. The lowest BCUT2D eigenvalue weighted by molar-refractivity contribution is 0.0107. The van der Waals surface area contributed by atoms with E-state index in [-0.39, 0.29) is 0 Å². The lowest BCUT2D eigenvalue weighted by Gasteiger charge is -2.57. The SMILES string of the molecule is COc1cc2c(cc1C(C)C)CC[C@@]1(C)C(C)CCCC21C. The van der Waals surface area contributed by atoms with Crippen LogP contribution in [0.1, 0.15) is 82.9 Å². The third-order valence-corrected chi connectivity index (χ3v) is 7.25. The molecule has 122 valence electrons. The first-order valence-corrected chi connectivity index (χ1v) is 9.05. The molecule has 3 rings (SSSR count). The van der Waals surface area contributed by atoms with E-state index in [9.17, 15) is 0 Å². The molecule has 0 aromatic heterocycles. The summed E-state index contributed by atoms with van der Waals surface area (Å²) in [5, 5.41) is 0. The molecule has 1 aromatic carbocycles. The predicted octanol–water partition coefficient (Wildman–Crippen LogP) is 5.85. The van der Waals surface area contributed by atoms with Crippen LogP contribution in [0.2, 0.25) is 0 Å². The van der Waals surface area contributed by atoms with Crippen LogP contribution in [0.15, 0.2) is 12.1 Å². The number of benzene rings is 1. The maximum Gasteiger partial charge on any atom is 0.122 e. The third kappa shape index (κ3) is 2.04. The number of aryl methyl sites for hydroxylation is 1. The number of hydrogen-bond donors (Lipinski definition) is 0. The summed E-state index contributed by atoms with van der Waals surface area (Å²) >= 11 is 0. The van der Waals surface area contributed by atoms with Crippen LogP contribution >= 0.6 is 0 Å². The molecule has 2 aliphatic rings. The molecule has 1 nitrogen and oxygen atoms in total. The van der Waals surface area contributed by atoms with E-state index in [2.05, 4.69) is 46.8 Å². The summed E-state index contributed by atoms with van der Waals surface area (Å²) in [6.45, 7) is 12.1. The average molecular weight is 300 g/mol. The Kier molecular flexibility index (Phi) is 3.82. The molecule has 1 saturated carbocycles. The van der Waals surface area contributed by atoms with E-state index in [4.69, 9.17) is 4.74 Å². The maximum absolute atomic E-state index is 5.76. The molecule has 0 N–H and O–H groups in total. The molecule has 1 aromatic rings. The second kappa shape index (κ2) is 5.28. The van der Waals surface area contributed by atoms with Crippen LogP contribution in [-0.4, -0.2) is 7.11 Å². The van der Waals surface area contributed by atoms with Gasteiger partial charge in [0.1, 0.15) is 5.75 Å². The molecule has 3 atom stereocenters. The van der Waals surface area contributed by atoms with Crippen molar-refractivity contribution in [2.45, 2.75) is 78.1 Å². The topological polar surface area (TPSA) is 9.23 Å². The first-order valence-electron chi connectivity index (χ1n) is 9.05. The fourth-order valence-electron chi connectivity index (χ4n) is 5.26. The maximum atomic E-state index is 5.76. The number of ether oxygens (including phenoxy) is 1. The van der Waals surface area contributed by atoms with Crippen molar-refractivity contribution in [3.8, 4) is 5.75 Å². The summed E-state index contributed by atoms with van der Waals surface area (Å²) in [6.07, 6.45) is 6.64. The van der Waals surface area contributed by atoms with Gasteiger partial charge >= 0.3 is 0 Å². The summed E-state index contributed by atoms with van der Waals surface area (Å²) in [6, 6.07) is 4.84. The number of hydrogen-bond acceptors (Lipinski definition) is 1. The van der Waals surface area contributed by atoms with Gasteiger partial charge in [0.25, 0.3) is 0 Å². The van der Waals surface area contributed by atoms with Gasteiger partial charge in [0.2, 0.25) is 0 Å². The normalized spacial score (nSPS) is 34.2. The van der Waals surface area contributed by atoms with E-state index >= 15 is 0 Å². The van der Waals surface area contributed by atoms with E-state index < -0.39 is 0 Å². The van der Waals surface area contributed by atoms with Crippen LogP contribution in [0.3, 0.4) is 0 Å². The van der Waals surface area contributed by atoms with E-state index in [1.165, 1.54) is 37.7 Å². The molecule has 0 spiro atoms. The minimum Gasteiger partial charge on any atom is -0.496 e. The monoisotopic (exact) mass is 300 g/mol. The van der Waals surface area contributed by atoms with Crippen molar-refractivity contribution < 1.29 is 4.74 Å². The Balaban J connectivity index is 2.17. The number of methoxy groups -OCH3 is 1. The van der Waals surface area contributed by atoms with Crippen LogP contribution in [0, 0.1) is 11.3 Å². The Bertz CT molecular complexity index is 574. The van der Waals surface area contributed by atoms with Gasteiger partial charge in [0.05, 0.1) is 7.11 Å².